The molecule has 3 heteroatoms. The Balaban J connectivity index is 1.98. The molecule has 1 heterocycles. The SMILES string of the molecule is CSc1ccccc1/C=C/c1n[nH]c2ccccc12. The molecular weight excluding hydrogens is 252 g/mol. The third-order valence-corrected chi connectivity index (χ3v) is 3.87. The molecule has 0 fully saturated rings. The van der Waals surface area contributed by atoms with E-state index in [1.54, 1.807) is 11.8 Å². The Kier molecular flexibility index (Phi) is 3.38. The first kappa shape index (κ1) is 12.1. The van der Waals surface area contributed by atoms with E-state index < -0.39 is 0 Å². The molecule has 0 aliphatic rings. The maximum Gasteiger partial charge on any atom is 0.0927 e. The molecule has 0 bridgehead atoms. The van der Waals surface area contributed by atoms with Gasteiger partial charge in [-0.1, -0.05) is 42.5 Å². The molecule has 0 spiro atoms. The van der Waals surface area contributed by atoms with E-state index in [0.29, 0.717) is 0 Å². The molecule has 1 aromatic heterocycles. The standard InChI is InChI=1S/C16H14N2S/c1-19-16-9-5-2-6-12(16)10-11-15-13-7-3-4-8-14(13)17-18-15/h2-11H,1H3,(H,17,18)/b11-10+. The second-order valence-corrected chi connectivity index (χ2v) is 5.08. The summed E-state index contributed by atoms with van der Waals surface area (Å²) in [7, 11) is 0. The van der Waals surface area contributed by atoms with Gasteiger partial charge in [-0.3, -0.25) is 5.10 Å². The van der Waals surface area contributed by atoms with Gasteiger partial charge in [0.05, 0.1) is 11.2 Å². The van der Waals surface area contributed by atoms with Crippen LogP contribution in [0.5, 0.6) is 0 Å². The van der Waals surface area contributed by atoms with Crippen LogP contribution in [0.25, 0.3) is 23.1 Å². The van der Waals surface area contributed by atoms with Crippen molar-refractivity contribution in [2.45, 2.75) is 4.90 Å². The highest BCUT2D eigenvalue weighted by Crippen LogP contribution is 2.23. The number of thioether (sulfide) groups is 1. The quantitative estimate of drug-likeness (QED) is 0.709. The number of hydrogen-bond acceptors (Lipinski definition) is 2. The first-order chi connectivity index (χ1) is 9.38. The van der Waals surface area contributed by atoms with Crippen molar-refractivity contribution in [3.05, 3.63) is 59.8 Å². The van der Waals surface area contributed by atoms with Gasteiger partial charge in [-0.05, 0) is 30.0 Å². The number of benzene rings is 2. The number of rotatable bonds is 3. The molecule has 3 aromatic rings. The van der Waals surface area contributed by atoms with Gasteiger partial charge in [0.1, 0.15) is 0 Å². The third-order valence-electron chi connectivity index (χ3n) is 3.06. The molecule has 19 heavy (non-hydrogen) atoms. The summed E-state index contributed by atoms with van der Waals surface area (Å²) in [6, 6.07) is 16.5. The zero-order chi connectivity index (χ0) is 13.1. The lowest BCUT2D eigenvalue weighted by Crippen LogP contribution is -1.78. The van der Waals surface area contributed by atoms with E-state index in [4.69, 9.17) is 0 Å². The fourth-order valence-electron chi connectivity index (χ4n) is 2.08. The van der Waals surface area contributed by atoms with Crippen molar-refractivity contribution in [2.75, 3.05) is 6.26 Å². The van der Waals surface area contributed by atoms with Crippen molar-refractivity contribution in [3.63, 3.8) is 0 Å². The molecule has 94 valence electrons. The minimum absolute atomic E-state index is 0.978. The summed E-state index contributed by atoms with van der Waals surface area (Å²) < 4.78 is 0. The van der Waals surface area contributed by atoms with E-state index in [1.165, 1.54) is 10.5 Å². The molecule has 1 N–H and O–H groups in total. The maximum absolute atomic E-state index is 4.35. The zero-order valence-corrected chi connectivity index (χ0v) is 11.4. The van der Waals surface area contributed by atoms with Crippen LogP contribution in [0.4, 0.5) is 0 Å². The van der Waals surface area contributed by atoms with Crippen LogP contribution in [0.1, 0.15) is 11.3 Å². The number of nitrogens with zero attached hydrogens (tertiary/aromatic N) is 1. The number of aromatic amines is 1. The Bertz CT molecular complexity index is 728. The summed E-state index contributed by atoms with van der Waals surface area (Å²) in [5.41, 5.74) is 3.27. The number of H-pyrrole nitrogens is 1. The van der Waals surface area contributed by atoms with E-state index in [9.17, 15) is 0 Å². The Morgan fingerprint density at radius 2 is 1.79 bits per heavy atom. The molecule has 3 rings (SSSR count). The second-order valence-electron chi connectivity index (χ2n) is 4.23. The minimum Gasteiger partial charge on any atom is -0.277 e. The van der Waals surface area contributed by atoms with Crippen LogP contribution < -0.4 is 0 Å². The topological polar surface area (TPSA) is 28.7 Å². The predicted octanol–water partition coefficient (Wildman–Crippen LogP) is 4.46. The molecule has 2 nitrogen and oxygen atoms in total. The van der Waals surface area contributed by atoms with Crippen LogP contribution in [-0.2, 0) is 0 Å². The first-order valence-electron chi connectivity index (χ1n) is 6.12. The van der Waals surface area contributed by atoms with E-state index in [0.717, 1.165) is 16.6 Å². The van der Waals surface area contributed by atoms with Crippen LogP contribution in [0.15, 0.2) is 53.4 Å². The van der Waals surface area contributed by atoms with Crippen molar-refractivity contribution < 1.29 is 0 Å². The Morgan fingerprint density at radius 3 is 2.68 bits per heavy atom. The Hall–Kier alpha value is -2.00. The summed E-state index contributed by atoms with van der Waals surface area (Å²) in [5, 5.41) is 8.55. The first-order valence-corrected chi connectivity index (χ1v) is 7.35. The lowest BCUT2D eigenvalue weighted by molar-refractivity contribution is 1.11. The van der Waals surface area contributed by atoms with Gasteiger partial charge < -0.3 is 0 Å². The third kappa shape index (κ3) is 2.42. The second kappa shape index (κ2) is 5.33. The number of nitrogens with one attached hydrogen (secondary N) is 1. The molecule has 0 aliphatic heterocycles. The number of para-hydroxylation sites is 1. The summed E-state index contributed by atoms with van der Waals surface area (Å²) in [6.45, 7) is 0. The predicted molar refractivity (Wildman–Crippen MR) is 83.2 cm³/mol. The molecule has 0 unspecified atom stereocenters. The van der Waals surface area contributed by atoms with Gasteiger partial charge in [-0.15, -0.1) is 11.8 Å². The van der Waals surface area contributed by atoms with Crippen molar-refractivity contribution in [1.29, 1.82) is 0 Å². The Morgan fingerprint density at radius 1 is 1.00 bits per heavy atom. The van der Waals surface area contributed by atoms with Gasteiger partial charge in [-0.25, -0.2) is 0 Å². The zero-order valence-electron chi connectivity index (χ0n) is 10.6. The lowest BCUT2D eigenvalue weighted by Gasteiger charge is -2.00. The molecule has 0 atom stereocenters. The smallest absolute Gasteiger partial charge is 0.0927 e. The van der Waals surface area contributed by atoms with Crippen molar-refractivity contribution >= 4 is 34.8 Å². The van der Waals surface area contributed by atoms with Gasteiger partial charge in [0.2, 0.25) is 0 Å². The van der Waals surface area contributed by atoms with E-state index in [2.05, 4.69) is 58.9 Å². The highest BCUT2D eigenvalue weighted by Gasteiger charge is 2.01. The number of fused-ring (bicyclic) bond motifs is 1. The summed E-state index contributed by atoms with van der Waals surface area (Å²) in [6.07, 6.45) is 6.28. The van der Waals surface area contributed by atoms with Gasteiger partial charge in [0.25, 0.3) is 0 Å². The van der Waals surface area contributed by atoms with Crippen LogP contribution >= 0.6 is 11.8 Å². The summed E-state index contributed by atoms with van der Waals surface area (Å²) in [4.78, 5) is 1.28. The fourth-order valence-corrected chi connectivity index (χ4v) is 2.67. The average Bonchev–Trinajstić information content (AvgIpc) is 2.89. The van der Waals surface area contributed by atoms with Gasteiger partial charge in [0, 0.05) is 10.3 Å². The van der Waals surface area contributed by atoms with Crippen LogP contribution in [0.3, 0.4) is 0 Å². The highest BCUT2D eigenvalue weighted by atomic mass is 32.2. The molecule has 0 saturated carbocycles. The normalized spacial score (nSPS) is 11.4. The molecular formula is C16H14N2S. The van der Waals surface area contributed by atoms with E-state index in [-0.39, 0.29) is 0 Å². The van der Waals surface area contributed by atoms with E-state index >= 15 is 0 Å². The maximum atomic E-state index is 4.35. The number of hydrogen-bond donors (Lipinski definition) is 1. The van der Waals surface area contributed by atoms with Crippen LogP contribution in [0.2, 0.25) is 0 Å². The van der Waals surface area contributed by atoms with Gasteiger partial charge in [0.15, 0.2) is 0 Å². The van der Waals surface area contributed by atoms with Crippen molar-refractivity contribution in [1.82, 2.24) is 10.2 Å². The van der Waals surface area contributed by atoms with Crippen LogP contribution in [-0.4, -0.2) is 16.5 Å². The molecule has 0 radical (unpaired) electrons. The fraction of sp³-hybridized carbons (Fsp3) is 0.0625. The van der Waals surface area contributed by atoms with Crippen molar-refractivity contribution in [3.8, 4) is 0 Å². The molecule has 0 aliphatic carbocycles. The van der Waals surface area contributed by atoms with Crippen LogP contribution in [0, 0.1) is 0 Å². The number of aromatic nitrogens is 2. The minimum atomic E-state index is 0.978. The Labute approximate surface area is 116 Å². The summed E-state index contributed by atoms with van der Waals surface area (Å²) >= 11 is 1.76. The molecule has 2 aromatic carbocycles. The summed E-state index contributed by atoms with van der Waals surface area (Å²) in [5.74, 6) is 0. The highest BCUT2D eigenvalue weighted by molar-refractivity contribution is 7.98. The molecule has 0 amide bonds. The lowest BCUT2D eigenvalue weighted by atomic mass is 10.1. The largest absolute Gasteiger partial charge is 0.277 e. The van der Waals surface area contributed by atoms with Crippen molar-refractivity contribution in [2.24, 2.45) is 0 Å². The van der Waals surface area contributed by atoms with Gasteiger partial charge >= 0.3 is 0 Å². The molecule has 0 saturated heterocycles. The average molecular weight is 266 g/mol. The van der Waals surface area contributed by atoms with Gasteiger partial charge in [-0.2, -0.15) is 5.10 Å². The van der Waals surface area contributed by atoms with E-state index in [1.807, 2.05) is 18.2 Å². The monoisotopic (exact) mass is 266 g/mol.